The molecule has 0 amide bonds. The molecule has 3 aromatic heterocycles. The predicted octanol–water partition coefficient (Wildman–Crippen LogP) is 13.7. The molecule has 5 heterocycles. The largest absolute Gasteiger partial charge is 0.493 e. The summed E-state index contributed by atoms with van der Waals surface area (Å²) in [5.41, 5.74) is 11.0. The average Bonchev–Trinajstić information content (AvgIpc) is 4.02. The minimum absolute atomic E-state index is 0.541. The molecule has 8 bridgehead atoms. The molecule has 0 aliphatic carbocycles. The van der Waals surface area contributed by atoms with E-state index in [1.165, 1.54) is 0 Å². The predicted molar refractivity (Wildman–Crippen MR) is 250 cm³/mol. The second kappa shape index (κ2) is 19.5. The van der Waals surface area contributed by atoms with Crippen molar-refractivity contribution in [3.05, 3.63) is 95.6 Å². The van der Waals surface area contributed by atoms with E-state index in [0.29, 0.717) is 50.1 Å². The van der Waals surface area contributed by atoms with Gasteiger partial charge >= 0.3 is 0 Å². The SMILES string of the molecule is CC(C)CCOc1cc(OCCC(C)C)cc(-c2c3nc(cc4ccc([nH]4)c(-c4cc(OCCC(C)C)cc(OCCC(C)C)c4)c4nc(cc5ccc2[nH]5)C=C4)C=C3)c1. The zero-order valence-corrected chi connectivity index (χ0v) is 36.7. The fourth-order valence-corrected chi connectivity index (χ4v) is 7.10. The Kier molecular flexibility index (Phi) is 13.8. The molecule has 2 N–H and O–H groups in total. The first-order valence-corrected chi connectivity index (χ1v) is 21.9. The van der Waals surface area contributed by atoms with E-state index in [2.05, 4.69) is 150 Å². The van der Waals surface area contributed by atoms with Crippen molar-refractivity contribution in [1.29, 1.82) is 0 Å². The maximum Gasteiger partial charge on any atom is 0.123 e. The first kappa shape index (κ1) is 42.4. The molecule has 0 atom stereocenters. The van der Waals surface area contributed by atoms with Crippen LogP contribution >= 0.6 is 0 Å². The van der Waals surface area contributed by atoms with Gasteiger partial charge in [0.1, 0.15) is 23.0 Å². The van der Waals surface area contributed by atoms with Crippen LogP contribution in [0.1, 0.15) is 104 Å². The molecule has 7 rings (SSSR count). The highest BCUT2D eigenvalue weighted by molar-refractivity contribution is 5.93. The van der Waals surface area contributed by atoms with Gasteiger partial charge in [-0.1, -0.05) is 55.4 Å². The molecular formula is C52H62N4O4. The van der Waals surface area contributed by atoms with Gasteiger partial charge in [0, 0.05) is 45.3 Å². The Morgan fingerprint density at radius 1 is 0.417 bits per heavy atom. The topological polar surface area (TPSA) is 94.3 Å². The van der Waals surface area contributed by atoms with Gasteiger partial charge in [0.05, 0.1) is 49.2 Å². The summed E-state index contributed by atoms with van der Waals surface area (Å²) < 4.78 is 25.4. The number of nitrogens with zero attached hydrogens (tertiary/aromatic N) is 2. The minimum Gasteiger partial charge on any atom is -0.493 e. The number of aromatic nitrogens is 4. The van der Waals surface area contributed by atoms with Crippen LogP contribution in [-0.4, -0.2) is 46.4 Å². The van der Waals surface area contributed by atoms with Gasteiger partial charge in [-0.05, 0) is 145 Å². The lowest BCUT2D eigenvalue weighted by atomic mass is 10.0. The molecule has 2 aliphatic heterocycles. The summed E-state index contributed by atoms with van der Waals surface area (Å²) in [5.74, 6) is 5.30. The molecule has 8 nitrogen and oxygen atoms in total. The maximum absolute atomic E-state index is 6.36. The molecule has 0 unspecified atom stereocenters. The highest BCUT2D eigenvalue weighted by Gasteiger charge is 2.17. The summed E-state index contributed by atoms with van der Waals surface area (Å²) in [5, 5.41) is 0. The molecular weight excluding hydrogens is 745 g/mol. The van der Waals surface area contributed by atoms with E-state index in [-0.39, 0.29) is 0 Å². The first-order chi connectivity index (χ1) is 28.9. The number of H-pyrrole nitrogens is 2. The number of hydrogen-bond acceptors (Lipinski definition) is 6. The van der Waals surface area contributed by atoms with Gasteiger partial charge in [-0.15, -0.1) is 0 Å². The maximum atomic E-state index is 6.36. The number of ether oxygens (including phenoxy) is 4. The number of hydrogen-bond donors (Lipinski definition) is 2. The molecule has 314 valence electrons. The van der Waals surface area contributed by atoms with Gasteiger partial charge in [0.2, 0.25) is 0 Å². The van der Waals surface area contributed by atoms with Crippen LogP contribution in [0.4, 0.5) is 0 Å². The molecule has 2 aromatic carbocycles. The van der Waals surface area contributed by atoms with E-state index < -0.39 is 0 Å². The fourth-order valence-electron chi connectivity index (χ4n) is 7.10. The Labute approximate surface area is 356 Å². The Balaban J connectivity index is 1.38. The zero-order valence-electron chi connectivity index (χ0n) is 36.7. The van der Waals surface area contributed by atoms with Crippen molar-refractivity contribution in [3.63, 3.8) is 0 Å². The van der Waals surface area contributed by atoms with Crippen LogP contribution in [0.5, 0.6) is 23.0 Å². The van der Waals surface area contributed by atoms with Crippen LogP contribution in [0.25, 0.3) is 68.6 Å². The Bertz CT molecular complexity index is 2250. The summed E-state index contributed by atoms with van der Waals surface area (Å²) in [4.78, 5) is 17.8. The van der Waals surface area contributed by atoms with Gasteiger partial charge in [0.25, 0.3) is 0 Å². The molecule has 0 saturated heterocycles. The zero-order chi connectivity index (χ0) is 42.2. The number of rotatable bonds is 18. The number of nitrogens with one attached hydrogen (secondary N) is 2. The minimum atomic E-state index is 0.541. The van der Waals surface area contributed by atoms with E-state index in [4.69, 9.17) is 28.9 Å². The second-order valence-electron chi connectivity index (χ2n) is 17.7. The lowest BCUT2D eigenvalue weighted by Gasteiger charge is -2.14. The molecule has 8 heteroatoms. The second-order valence-corrected chi connectivity index (χ2v) is 17.7. The third-order valence-corrected chi connectivity index (χ3v) is 10.6. The third-order valence-electron chi connectivity index (χ3n) is 10.6. The third kappa shape index (κ3) is 11.3. The van der Waals surface area contributed by atoms with E-state index >= 15 is 0 Å². The molecule has 0 spiro atoms. The van der Waals surface area contributed by atoms with Crippen LogP contribution in [0.2, 0.25) is 0 Å². The van der Waals surface area contributed by atoms with E-state index in [9.17, 15) is 0 Å². The van der Waals surface area contributed by atoms with Crippen molar-refractivity contribution < 1.29 is 18.9 Å². The monoisotopic (exact) mass is 806 g/mol. The van der Waals surface area contributed by atoms with E-state index in [1.807, 2.05) is 12.1 Å². The number of fused-ring (bicyclic) bond motifs is 8. The molecule has 60 heavy (non-hydrogen) atoms. The van der Waals surface area contributed by atoms with Crippen molar-refractivity contribution in [2.75, 3.05) is 26.4 Å². The van der Waals surface area contributed by atoms with Crippen molar-refractivity contribution in [2.45, 2.75) is 81.1 Å². The van der Waals surface area contributed by atoms with Gasteiger partial charge in [0.15, 0.2) is 0 Å². The highest BCUT2D eigenvalue weighted by Crippen LogP contribution is 2.38. The lowest BCUT2D eigenvalue weighted by Crippen LogP contribution is -2.04. The Morgan fingerprint density at radius 2 is 0.750 bits per heavy atom. The van der Waals surface area contributed by atoms with Crippen LogP contribution in [0.15, 0.2) is 72.8 Å². The Morgan fingerprint density at radius 3 is 1.07 bits per heavy atom. The van der Waals surface area contributed by atoms with Gasteiger partial charge in [-0.2, -0.15) is 0 Å². The summed E-state index contributed by atoms with van der Waals surface area (Å²) in [7, 11) is 0. The summed E-state index contributed by atoms with van der Waals surface area (Å²) in [6.07, 6.45) is 12.2. The van der Waals surface area contributed by atoms with Crippen molar-refractivity contribution in [1.82, 2.24) is 19.9 Å². The molecule has 0 fully saturated rings. The lowest BCUT2D eigenvalue weighted by molar-refractivity contribution is 0.276. The van der Waals surface area contributed by atoms with Crippen molar-refractivity contribution in [3.8, 4) is 45.3 Å². The average molecular weight is 807 g/mol. The van der Waals surface area contributed by atoms with E-state index in [1.54, 1.807) is 0 Å². The van der Waals surface area contributed by atoms with Crippen LogP contribution in [-0.2, 0) is 0 Å². The van der Waals surface area contributed by atoms with Crippen molar-refractivity contribution in [2.24, 2.45) is 23.7 Å². The van der Waals surface area contributed by atoms with Crippen LogP contribution < -0.4 is 18.9 Å². The fraction of sp³-hybridized carbons (Fsp3) is 0.385. The highest BCUT2D eigenvalue weighted by atomic mass is 16.5. The van der Waals surface area contributed by atoms with Crippen molar-refractivity contribution >= 4 is 46.4 Å². The van der Waals surface area contributed by atoms with Gasteiger partial charge < -0.3 is 28.9 Å². The van der Waals surface area contributed by atoms with Gasteiger partial charge in [-0.3, -0.25) is 0 Å². The molecule has 5 aromatic rings. The smallest absolute Gasteiger partial charge is 0.123 e. The van der Waals surface area contributed by atoms with Crippen LogP contribution in [0, 0.1) is 23.7 Å². The molecule has 2 aliphatic rings. The standard InChI is InChI=1S/C52H62N4O4/c1-33(2)17-21-57-43-25-37(26-44(31-43)58-22-18-34(3)4)51-47-13-9-39(53-47)29-41-11-15-49(55-41)52(50-16-12-42(56-50)30-40-10-14-48(51)54-40)38-27-45(59-23-19-35(5)6)32-46(28-38)60-24-20-36(7)8/h9-16,25-36,53,56H,17-24H2,1-8H3. The normalized spacial score (nSPS) is 12.3. The summed E-state index contributed by atoms with van der Waals surface area (Å²) in [6, 6.07) is 25.1. The first-order valence-electron chi connectivity index (χ1n) is 21.9. The molecule has 0 radical (unpaired) electrons. The molecule has 0 saturated carbocycles. The summed E-state index contributed by atoms with van der Waals surface area (Å²) in [6.45, 7) is 20.2. The van der Waals surface area contributed by atoms with E-state index in [0.717, 1.165) is 116 Å². The number of aromatic amines is 2. The Hall–Kier alpha value is -5.76. The van der Waals surface area contributed by atoms with Gasteiger partial charge in [-0.25, -0.2) is 9.97 Å². The summed E-state index contributed by atoms with van der Waals surface area (Å²) >= 11 is 0. The van der Waals surface area contributed by atoms with Crippen LogP contribution in [0.3, 0.4) is 0 Å². The quantitative estimate of drug-likeness (QED) is 0.0897. The number of benzene rings is 2.